The van der Waals surface area contributed by atoms with Crippen LogP contribution in [0.2, 0.25) is 0 Å². The smallest absolute Gasteiger partial charge is 0.121 e. The molecule has 3 aromatic carbocycles. The largest absolute Gasteiger partial charge is 0.392 e. The second kappa shape index (κ2) is 7.33. The SMILES string of the molecule is OCc1ccc(-c2c(-c3ccccc3)nnn2Cc2ccccc2)cc1. The Morgan fingerprint density at radius 2 is 1.35 bits per heavy atom. The molecule has 26 heavy (non-hydrogen) atoms. The Bertz CT molecular complexity index is 977. The first-order valence-corrected chi connectivity index (χ1v) is 8.58. The molecule has 0 bridgehead atoms. The van der Waals surface area contributed by atoms with E-state index in [0.717, 1.165) is 28.1 Å². The zero-order chi connectivity index (χ0) is 17.8. The fourth-order valence-electron chi connectivity index (χ4n) is 3.02. The minimum atomic E-state index is 0.0351. The molecule has 4 rings (SSSR count). The molecule has 1 aromatic heterocycles. The molecule has 0 aliphatic rings. The molecule has 4 heteroatoms. The lowest BCUT2D eigenvalue weighted by molar-refractivity contribution is 0.282. The molecule has 0 aliphatic carbocycles. The van der Waals surface area contributed by atoms with Crippen molar-refractivity contribution in [1.29, 1.82) is 0 Å². The van der Waals surface area contributed by atoms with Gasteiger partial charge in [0.15, 0.2) is 0 Å². The molecular formula is C22H19N3O. The summed E-state index contributed by atoms with van der Waals surface area (Å²) in [6.07, 6.45) is 0. The molecule has 0 fully saturated rings. The first-order chi connectivity index (χ1) is 12.8. The van der Waals surface area contributed by atoms with Crippen molar-refractivity contribution in [2.45, 2.75) is 13.2 Å². The maximum Gasteiger partial charge on any atom is 0.121 e. The van der Waals surface area contributed by atoms with Crippen LogP contribution in [0.4, 0.5) is 0 Å². The van der Waals surface area contributed by atoms with Crippen molar-refractivity contribution in [3.8, 4) is 22.5 Å². The maximum absolute atomic E-state index is 9.31. The van der Waals surface area contributed by atoms with Gasteiger partial charge in [-0.05, 0) is 11.1 Å². The minimum absolute atomic E-state index is 0.0351. The Morgan fingerprint density at radius 3 is 2.00 bits per heavy atom. The van der Waals surface area contributed by atoms with Gasteiger partial charge in [0, 0.05) is 11.1 Å². The van der Waals surface area contributed by atoms with Crippen molar-refractivity contribution in [1.82, 2.24) is 15.0 Å². The Kier molecular flexibility index (Phi) is 4.58. The highest BCUT2D eigenvalue weighted by Gasteiger charge is 2.16. The Hall–Kier alpha value is -3.24. The van der Waals surface area contributed by atoms with E-state index in [9.17, 15) is 5.11 Å². The van der Waals surface area contributed by atoms with Gasteiger partial charge in [-0.3, -0.25) is 0 Å². The molecule has 0 radical (unpaired) electrons. The van der Waals surface area contributed by atoms with Crippen LogP contribution in [0, 0.1) is 0 Å². The number of aromatic nitrogens is 3. The number of benzene rings is 3. The summed E-state index contributed by atoms with van der Waals surface area (Å²) in [5, 5.41) is 18.2. The summed E-state index contributed by atoms with van der Waals surface area (Å²) in [6.45, 7) is 0.686. The third-order valence-corrected chi connectivity index (χ3v) is 4.37. The van der Waals surface area contributed by atoms with Gasteiger partial charge in [0.05, 0.1) is 18.8 Å². The summed E-state index contributed by atoms with van der Waals surface area (Å²) in [7, 11) is 0. The molecule has 0 aliphatic heterocycles. The van der Waals surface area contributed by atoms with Crippen molar-refractivity contribution in [2.75, 3.05) is 0 Å². The molecule has 1 N–H and O–H groups in total. The maximum atomic E-state index is 9.31. The normalized spacial score (nSPS) is 10.8. The second-order valence-corrected chi connectivity index (χ2v) is 6.15. The Balaban J connectivity index is 1.82. The monoisotopic (exact) mass is 341 g/mol. The van der Waals surface area contributed by atoms with E-state index in [1.54, 1.807) is 0 Å². The molecule has 0 saturated heterocycles. The van der Waals surface area contributed by atoms with Crippen molar-refractivity contribution in [3.63, 3.8) is 0 Å². The Morgan fingerprint density at radius 1 is 0.692 bits per heavy atom. The number of nitrogens with zero attached hydrogens (tertiary/aromatic N) is 3. The topological polar surface area (TPSA) is 50.9 Å². The zero-order valence-electron chi connectivity index (χ0n) is 14.3. The average Bonchev–Trinajstić information content (AvgIpc) is 3.13. The van der Waals surface area contributed by atoms with Crippen LogP contribution >= 0.6 is 0 Å². The van der Waals surface area contributed by atoms with Gasteiger partial charge in [-0.1, -0.05) is 90.1 Å². The third-order valence-electron chi connectivity index (χ3n) is 4.37. The first-order valence-electron chi connectivity index (χ1n) is 8.58. The molecule has 128 valence electrons. The highest BCUT2D eigenvalue weighted by Crippen LogP contribution is 2.30. The summed E-state index contributed by atoms with van der Waals surface area (Å²) in [4.78, 5) is 0. The van der Waals surface area contributed by atoms with Crippen LogP contribution in [0.3, 0.4) is 0 Å². The van der Waals surface area contributed by atoms with Crippen LogP contribution in [0.5, 0.6) is 0 Å². The first kappa shape index (κ1) is 16.2. The van der Waals surface area contributed by atoms with Gasteiger partial charge in [0.1, 0.15) is 5.69 Å². The third kappa shape index (κ3) is 3.27. The van der Waals surface area contributed by atoms with E-state index in [0.29, 0.717) is 6.54 Å². The standard InChI is InChI=1S/C22H19N3O/c26-16-18-11-13-20(14-12-18)22-21(19-9-5-2-6-10-19)23-24-25(22)15-17-7-3-1-4-8-17/h1-14,26H,15-16H2. The lowest BCUT2D eigenvalue weighted by Gasteiger charge is -2.09. The van der Waals surface area contributed by atoms with E-state index < -0.39 is 0 Å². The van der Waals surface area contributed by atoms with Gasteiger partial charge in [-0.25, -0.2) is 4.68 Å². The molecule has 1 heterocycles. The molecule has 0 unspecified atom stereocenters. The quantitative estimate of drug-likeness (QED) is 0.593. The van der Waals surface area contributed by atoms with Gasteiger partial charge < -0.3 is 5.11 Å². The van der Waals surface area contributed by atoms with Gasteiger partial charge in [0.2, 0.25) is 0 Å². The molecule has 4 nitrogen and oxygen atoms in total. The van der Waals surface area contributed by atoms with Crippen molar-refractivity contribution < 1.29 is 5.11 Å². The van der Waals surface area contributed by atoms with Crippen LogP contribution in [0.25, 0.3) is 22.5 Å². The van der Waals surface area contributed by atoms with E-state index in [1.165, 1.54) is 5.56 Å². The van der Waals surface area contributed by atoms with E-state index in [4.69, 9.17) is 0 Å². The Labute approximate surface area is 152 Å². The predicted molar refractivity (Wildman–Crippen MR) is 102 cm³/mol. The van der Waals surface area contributed by atoms with E-state index in [-0.39, 0.29) is 6.61 Å². The van der Waals surface area contributed by atoms with Gasteiger partial charge in [0.25, 0.3) is 0 Å². The summed E-state index contributed by atoms with van der Waals surface area (Å²) < 4.78 is 1.94. The lowest BCUT2D eigenvalue weighted by atomic mass is 10.0. The molecular weight excluding hydrogens is 322 g/mol. The number of rotatable bonds is 5. The van der Waals surface area contributed by atoms with E-state index in [1.807, 2.05) is 77.5 Å². The highest BCUT2D eigenvalue weighted by molar-refractivity contribution is 5.78. The van der Waals surface area contributed by atoms with Gasteiger partial charge >= 0.3 is 0 Å². The minimum Gasteiger partial charge on any atom is -0.392 e. The number of aliphatic hydroxyl groups is 1. The molecule has 0 amide bonds. The highest BCUT2D eigenvalue weighted by atomic mass is 16.3. The lowest BCUT2D eigenvalue weighted by Crippen LogP contribution is -2.04. The molecule has 0 atom stereocenters. The van der Waals surface area contributed by atoms with Gasteiger partial charge in [-0.15, -0.1) is 5.10 Å². The van der Waals surface area contributed by atoms with Crippen molar-refractivity contribution in [3.05, 3.63) is 96.1 Å². The second-order valence-electron chi connectivity index (χ2n) is 6.15. The van der Waals surface area contributed by atoms with Gasteiger partial charge in [-0.2, -0.15) is 0 Å². The van der Waals surface area contributed by atoms with Crippen LogP contribution in [0.1, 0.15) is 11.1 Å². The number of hydrogen-bond donors (Lipinski definition) is 1. The van der Waals surface area contributed by atoms with Crippen LogP contribution < -0.4 is 0 Å². The molecule has 0 spiro atoms. The summed E-state index contributed by atoms with van der Waals surface area (Å²) in [5.74, 6) is 0. The molecule has 4 aromatic rings. The van der Waals surface area contributed by atoms with Crippen molar-refractivity contribution in [2.24, 2.45) is 0 Å². The van der Waals surface area contributed by atoms with Crippen LogP contribution in [0.15, 0.2) is 84.9 Å². The zero-order valence-corrected chi connectivity index (χ0v) is 14.3. The van der Waals surface area contributed by atoms with Crippen molar-refractivity contribution >= 4 is 0 Å². The molecule has 0 saturated carbocycles. The van der Waals surface area contributed by atoms with Crippen LogP contribution in [-0.4, -0.2) is 20.1 Å². The average molecular weight is 341 g/mol. The fraction of sp³-hybridized carbons (Fsp3) is 0.0909. The predicted octanol–water partition coefficient (Wildman–Crippen LogP) is 4.15. The summed E-state index contributed by atoms with van der Waals surface area (Å²) >= 11 is 0. The summed E-state index contributed by atoms with van der Waals surface area (Å²) in [6, 6.07) is 28.2. The number of hydrogen-bond acceptors (Lipinski definition) is 3. The van der Waals surface area contributed by atoms with E-state index in [2.05, 4.69) is 22.4 Å². The van der Waals surface area contributed by atoms with E-state index >= 15 is 0 Å². The number of aliphatic hydroxyl groups excluding tert-OH is 1. The summed E-state index contributed by atoms with van der Waals surface area (Å²) in [5.41, 5.74) is 5.96. The van der Waals surface area contributed by atoms with Crippen LogP contribution in [-0.2, 0) is 13.2 Å². The fourth-order valence-corrected chi connectivity index (χ4v) is 3.02.